The van der Waals surface area contributed by atoms with Gasteiger partial charge < -0.3 is 34.5 Å². The van der Waals surface area contributed by atoms with E-state index < -0.39 is 0 Å². The molecule has 8 heteroatoms. The molecule has 2 atom stereocenters. The molecule has 4 aromatic rings. The van der Waals surface area contributed by atoms with E-state index >= 15 is 0 Å². The SMILES string of the molecule is COc1cc2c3c(c1O)Oc1ccc(cc1)C[C@@H]1NCCc4cc(OC)c(c(O)c41)Oc1cccc(c1)C[C@H]3N(C)CC2. The topological polar surface area (TPSA) is 92.7 Å². The number of rotatable bonds is 2. The maximum Gasteiger partial charge on any atom is 0.211 e. The minimum absolute atomic E-state index is 0.00268. The Hall–Kier alpha value is -4.40. The number of phenolic OH excluding ortho intramolecular Hbond substituents is 2. The van der Waals surface area contributed by atoms with Crippen molar-refractivity contribution < 1.29 is 29.2 Å². The third kappa shape index (κ3) is 4.90. The lowest BCUT2D eigenvalue weighted by Gasteiger charge is -2.36. The second kappa shape index (κ2) is 11.0. The van der Waals surface area contributed by atoms with E-state index in [2.05, 4.69) is 23.3 Å². The molecular formula is C35H36N2O6. The quantitative estimate of drug-likeness (QED) is 0.258. The highest BCUT2D eigenvalue weighted by Crippen LogP contribution is 2.50. The van der Waals surface area contributed by atoms with Crippen molar-refractivity contribution in [2.45, 2.75) is 37.8 Å². The summed E-state index contributed by atoms with van der Waals surface area (Å²) in [6.45, 7) is 1.64. The molecule has 0 aromatic heterocycles. The highest BCUT2D eigenvalue weighted by atomic mass is 16.5. The number of likely N-dealkylation sites (N-methyl/N-ethyl adjacent to an activating group) is 1. The fraction of sp³-hybridized carbons (Fsp3) is 0.314. The molecule has 0 unspecified atom stereocenters. The molecule has 8 rings (SSSR count). The lowest BCUT2D eigenvalue weighted by Crippen LogP contribution is -2.33. The predicted molar refractivity (Wildman–Crippen MR) is 163 cm³/mol. The van der Waals surface area contributed by atoms with Crippen LogP contribution in [0.2, 0.25) is 0 Å². The standard InChI is InChI=1S/C35H36N2O6/c1-37-14-12-23-18-28(40-2)32(38)35-31(23)27(37)17-21-5-4-6-25(15-21)43-34-29(41-3)19-22-11-13-36-26(30(22)33(34)39)16-20-7-9-24(42-35)10-8-20/h4-10,15,18-19,26-27,36,38-39H,11-14,16-17H2,1-3H3/t26-,27+/m0/s1. The number of hydrogen-bond acceptors (Lipinski definition) is 8. The fourth-order valence-electron chi connectivity index (χ4n) is 6.77. The van der Waals surface area contributed by atoms with Gasteiger partial charge in [-0.25, -0.2) is 0 Å². The van der Waals surface area contributed by atoms with Gasteiger partial charge in [0.15, 0.2) is 23.0 Å². The van der Waals surface area contributed by atoms with Crippen LogP contribution in [0.5, 0.6) is 46.0 Å². The van der Waals surface area contributed by atoms with Crippen molar-refractivity contribution in [3.05, 3.63) is 94.0 Å². The Labute approximate surface area is 251 Å². The number of nitrogens with zero attached hydrogens (tertiary/aromatic N) is 1. The van der Waals surface area contributed by atoms with Crippen molar-refractivity contribution >= 4 is 0 Å². The Morgan fingerprint density at radius 3 is 2.30 bits per heavy atom. The van der Waals surface area contributed by atoms with E-state index in [0.717, 1.165) is 59.3 Å². The number of nitrogens with one attached hydrogen (secondary N) is 1. The van der Waals surface area contributed by atoms with Gasteiger partial charge in [-0.3, -0.25) is 4.90 Å². The third-order valence-corrected chi connectivity index (χ3v) is 8.99. The normalized spacial score (nSPS) is 19.3. The molecule has 0 spiro atoms. The van der Waals surface area contributed by atoms with Crippen molar-refractivity contribution in [2.75, 3.05) is 34.4 Å². The number of benzene rings is 4. The highest BCUT2D eigenvalue weighted by molar-refractivity contribution is 5.63. The molecule has 4 aliphatic heterocycles. The molecule has 0 amide bonds. The largest absolute Gasteiger partial charge is 0.504 e. The molecular weight excluding hydrogens is 544 g/mol. The van der Waals surface area contributed by atoms with Crippen LogP contribution in [0.15, 0.2) is 60.7 Å². The Bertz CT molecular complexity index is 1690. The summed E-state index contributed by atoms with van der Waals surface area (Å²) in [5, 5.41) is 26.6. The van der Waals surface area contributed by atoms with E-state index in [1.807, 2.05) is 54.6 Å². The van der Waals surface area contributed by atoms with E-state index in [0.29, 0.717) is 47.3 Å². The van der Waals surface area contributed by atoms with Crippen LogP contribution in [0, 0.1) is 0 Å². The third-order valence-electron chi connectivity index (χ3n) is 8.99. The summed E-state index contributed by atoms with van der Waals surface area (Å²) in [5.41, 5.74) is 6.06. The van der Waals surface area contributed by atoms with Crippen molar-refractivity contribution in [3.63, 3.8) is 0 Å². The zero-order chi connectivity index (χ0) is 29.7. The minimum atomic E-state index is -0.111. The first-order valence-corrected chi connectivity index (χ1v) is 14.8. The molecule has 4 heterocycles. The van der Waals surface area contributed by atoms with Gasteiger partial charge in [0.05, 0.1) is 14.2 Å². The van der Waals surface area contributed by atoms with Crippen molar-refractivity contribution in [3.8, 4) is 46.0 Å². The van der Waals surface area contributed by atoms with Gasteiger partial charge in [0, 0.05) is 29.8 Å². The Balaban J connectivity index is 1.41. The number of phenols is 2. The average Bonchev–Trinajstić information content (AvgIpc) is 3.01. The molecule has 4 aromatic carbocycles. The van der Waals surface area contributed by atoms with Gasteiger partial charge in [-0.05, 0) is 97.9 Å². The number of fused-ring (bicyclic) bond motifs is 2. The van der Waals surface area contributed by atoms with Crippen molar-refractivity contribution in [1.82, 2.24) is 10.2 Å². The van der Waals surface area contributed by atoms with Crippen LogP contribution < -0.4 is 24.3 Å². The van der Waals surface area contributed by atoms with Gasteiger partial charge in [-0.2, -0.15) is 0 Å². The van der Waals surface area contributed by atoms with Crippen LogP contribution in [0.3, 0.4) is 0 Å². The molecule has 0 fully saturated rings. The van der Waals surface area contributed by atoms with Gasteiger partial charge in [0.1, 0.15) is 11.5 Å². The lowest BCUT2D eigenvalue weighted by molar-refractivity contribution is 0.222. The highest BCUT2D eigenvalue weighted by Gasteiger charge is 2.33. The second-order valence-electron chi connectivity index (χ2n) is 11.6. The van der Waals surface area contributed by atoms with Gasteiger partial charge in [-0.1, -0.05) is 24.3 Å². The lowest BCUT2D eigenvalue weighted by atomic mass is 9.87. The van der Waals surface area contributed by atoms with E-state index in [4.69, 9.17) is 18.9 Å². The van der Waals surface area contributed by atoms with Crippen molar-refractivity contribution in [2.24, 2.45) is 0 Å². The molecule has 0 aliphatic carbocycles. The zero-order valence-corrected chi connectivity index (χ0v) is 24.6. The first-order valence-electron chi connectivity index (χ1n) is 14.8. The summed E-state index contributed by atoms with van der Waals surface area (Å²) in [6.07, 6.45) is 2.90. The second-order valence-corrected chi connectivity index (χ2v) is 11.6. The van der Waals surface area contributed by atoms with Crippen LogP contribution >= 0.6 is 0 Å². The van der Waals surface area contributed by atoms with E-state index in [1.165, 1.54) is 0 Å². The van der Waals surface area contributed by atoms with Gasteiger partial charge in [0.2, 0.25) is 11.5 Å². The summed E-state index contributed by atoms with van der Waals surface area (Å²) < 4.78 is 24.2. The molecule has 0 saturated heterocycles. The van der Waals surface area contributed by atoms with Crippen molar-refractivity contribution in [1.29, 1.82) is 0 Å². The van der Waals surface area contributed by atoms with Crippen LogP contribution in [0.4, 0.5) is 0 Å². The molecule has 0 radical (unpaired) electrons. The number of ether oxygens (including phenoxy) is 4. The summed E-state index contributed by atoms with van der Waals surface area (Å²) >= 11 is 0. The van der Waals surface area contributed by atoms with Crippen LogP contribution in [0.25, 0.3) is 0 Å². The van der Waals surface area contributed by atoms with Gasteiger partial charge in [-0.15, -0.1) is 0 Å². The first-order chi connectivity index (χ1) is 20.9. The molecule has 43 heavy (non-hydrogen) atoms. The average molecular weight is 581 g/mol. The van der Waals surface area contributed by atoms with Gasteiger partial charge in [0.25, 0.3) is 0 Å². The first kappa shape index (κ1) is 27.4. The van der Waals surface area contributed by atoms with E-state index in [-0.39, 0.29) is 23.6 Å². The summed E-state index contributed by atoms with van der Waals surface area (Å²) in [6, 6.07) is 19.6. The maximum atomic E-state index is 11.6. The monoisotopic (exact) mass is 580 g/mol. The Kier molecular flexibility index (Phi) is 7.03. The Morgan fingerprint density at radius 2 is 1.51 bits per heavy atom. The van der Waals surface area contributed by atoms with E-state index in [9.17, 15) is 10.2 Å². The zero-order valence-electron chi connectivity index (χ0n) is 24.6. The molecule has 222 valence electrons. The van der Waals surface area contributed by atoms with Crippen LogP contribution in [-0.4, -0.2) is 49.5 Å². The molecule has 4 aliphatic rings. The summed E-state index contributed by atoms with van der Waals surface area (Å²) in [5.74, 6) is 2.99. The molecule has 8 nitrogen and oxygen atoms in total. The molecule has 0 saturated carbocycles. The van der Waals surface area contributed by atoms with E-state index in [1.54, 1.807) is 14.2 Å². The summed E-state index contributed by atoms with van der Waals surface area (Å²) in [4.78, 5) is 2.29. The minimum Gasteiger partial charge on any atom is -0.504 e. The number of methoxy groups -OCH3 is 2. The van der Waals surface area contributed by atoms with Crippen LogP contribution in [-0.2, 0) is 25.7 Å². The predicted octanol–water partition coefficient (Wildman–Crippen LogP) is 6.21. The number of hydrogen-bond donors (Lipinski definition) is 3. The smallest absolute Gasteiger partial charge is 0.211 e. The maximum absolute atomic E-state index is 11.6. The van der Waals surface area contributed by atoms with Gasteiger partial charge >= 0.3 is 0 Å². The number of aromatic hydroxyl groups is 2. The summed E-state index contributed by atoms with van der Waals surface area (Å²) in [7, 11) is 5.26. The fourth-order valence-corrected chi connectivity index (χ4v) is 6.77. The molecule has 6 bridgehead atoms. The Morgan fingerprint density at radius 1 is 0.767 bits per heavy atom. The van der Waals surface area contributed by atoms with Crippen LogP contribution in [0.1, 0.15) is 45.5 Å². The molecule has 3 N–H and O–H groups in total.